The Hall–Kier alpha value is -0.940. The van der Waals surface area contributed by atoms with E-state index in [-0.39, 0.29) is 29.7 Å². The predicted molar refractivity (Wildman–Crippen MR) is 80.5 cm³/mol. The van der Waals surface area contributed by atoms with Crippen LogP contribution in [0.2, 0.25) is 0 Å². The first-order valence-corrected chi connectivity index (χ1v) is 7.49. The molecule has 1 amide bonds. The topological polar surface area (TPSA) is 52.6 Å². The molecule has 1 aliphatic heterocycles. The summed E-state index contributed by atoms with van der Waals surface area (Å²) < 4.78 is 0. The standard InChI is InChI=1S/C15H29N3O2/c1-10(2)13-9-17(6)8-12(7-16-5)18(13)15(20)14(19)11(3)4/h10-13,16H,7-9H2,1-6H3. The van der Waals surface area contributed by atoms with Crippen LogP contribution in [0, 0.1) is 11.8 Å². The van der Waals surface area contributed by atoms with Gasteiger partial charge in [-0.15, -0.1) is 0 Å². The van der Waals surface area contributed by atoms with Gasteiger partial charge in [-0.1, -0.05) is 27.7 Å². The van der Waals surface area contributed by atoms with Gasteiger partial charge in [-0.25, -0.2) is 0 Å². The Balaban J connectivity index is 3.03. The first kappa shape index (κ1) is 17.1. The van der Waals surface area contributed by atoms with Crippen LogP contribution in [-0.4, -0.2) is 67.3 Å². The maximum atomic E-state index is 12.6. The maximum absolute atomic E-state index is 12.6. The summed E-state index contributed by atoms with van der Waals surface area (Å²) in [5.41, 5.74) is 0. The number of nitrogens with zero attached hydrogens (tertiary/aromatic N) is 2. The van der Waals surface area contributed by atoms with Crippen molar-refractivity contribution in [2.45, 2.75) is 39.8 Å². The zero-order valence-electron chi connectivity index (χ0n) is 13.6. The van der Waals surface area contributed by atoms with E-state index in [2.05, 4.69) is 31.1 Å². The van der Waals surface area contributed by atoms with Gasteiger partial charge in [0, 0.05) is 31.6 Å². The summed E-state index contributed by atoms with van der Waals surface area (Å²) in [6.45, 7) is 10.1. The summed E-state index contributed by atoms with van der Waals surface area (Å²) in [5, 5.41) is 3.14. The Morgan fingerprint density at radius 2 is 1.80 bits per heavy atom. The maximum Gasteiger partial charge on any atom is 0.290 e. The largest absolute Gasteiger partial charge is 0.326 e. The van der Waals surface area contributed by atoms with Crippen molar-refractivity contribution < 1.29 is 9.59 Å². The Morgan fingerprint density at radius 1 is 1.20 bits per heavy atom. The number of rotatable bonds is 5. The van der Waals surface area contributed by atoms with Gasteiger partial charge in [-0.2, -0.15) is 0 Å². The van der Waals surface area contributed by atoms with Gasteiger partial charge in [-0.05, 0) is 20.0 Å². The second-order valence-electron chi connectivity index (χ2n) is 6.48. The van der Waals surface area contributed by atoms with Gasteiger partial charge < -0.3 is 15.1 Å². The molecule has 1 rings (SSSR count). The highest BCUT2D eigenvalue weighted by Gasteiger charge is 2.40. The van der Waals surface area contributed by atoms with Crippen LogP contribution in [-0.2, 0) is 9.59 Å². The van der Waals surface area contributed by atoms with E-state index in [0.717, 1.165) is 13.1 Å². The average Bonchev–Trinajstić information content (AvgIpc) is 2.36. The third-order valence-corrected chi connectivity index (χ3v) is 3.95. The van der Waals surface area contributed by atoms with Crippen LogP contribution < -0.4 is 5.32 Å². The molecule has 2 unspecified atom stereocenters. The molecule has 1 aliphatic rings. The summed E-state index contributed by atoms with van der Waals surface area (Å²) in [5.74, 6) is -0.500. The van der Waals surface area contributed by atoms with Crippen molar-refractivity contribution in [3.63, 3.8) is 0 Å². The summed E-state index contributed by atoms with van der Waals surface area (Å²) in [6, 6.07) is 0.156. The van der Waals surface area contributed by atoms with Gasteiger partial charge in [0.25, 0.3) is 5.91 Å². The van der Waals surface area contributed by atoms with Gasteiger partial charge in [0.2, 0.25) is 5.78 Å². The van der Waals surface area contributed by atoms with Gasteiger partial charge in [0.1, 0.15) is 0 Å². The van der Waals surface area contributed by atoms with Gasteiger partial charge in [0.05, 0.1) is 6.04 Å². The number of hydrogen-bond acceptors (Lipinski definition) is 4. The average molecular weight is 283 g/mol. The van der Waals surface area contributed by atoms with Crippen LogP contribution in [0.3, 0.4) is 0 Å². The molecular weight excluding hydrogens is 254 g/mol. The van der Waals surface area contributed by atoms with E-state index < -0.39 is 0 Å². The normalized spacial score (nSPS) is 24.5. The molecule has 116 valence electrons. The SMILES string of the molecule is CNCC1CN(C)CC(C(C)C)N1C(=O)C(=O)C(C)C. The molecule has 5 nitrogen and oxygen atoms in total. The predicted octanol–water partition coefficient (Wildman–Crippen LogP) is 0.598. The van der Waals surface area contributed by atoms with Crippen molar-refractivity contribution in [3.8, 4) is 0 Å². The summed E-state index contributed by atoms with van der Waals surface area (Å²) in [6.07, 6.45) is 0. The third kappa shape index (κ3) is 3.79. The lowest BCUT2D eigenvalue weighted by molar-refractivity contribution is -0.153. The molecular formula is C15H29N3O2. The van der Waals surface area contributed by atoms with E-state index in [1.165, 1.54) is 0 Å². The molecule has 2 atom stereocenters. The third-order valence-electron chi connectivity index (χ3n) is 3.95. The fourth-order valence-electron chi connectivity index (χ4n) is 2.82. The van der Waals surface area contributed by atoms with Crippen LogP contribution in [0.5, 0.6) is 0 Å². The number of piperazine rings is 1. The lowest BCUT2D eigenvalue weighted by Gasteiger charge is -2.47. The Labute approximate surface area is 122 Å². The summed E-state index contributed by atoms with van der Waals surface area (Å²) in [7, 11) is 3.95. The number of ketones is 1. The summed E-state index contributed by atoms with van der Waals surface area (Å²) in [4.78, 5) is 28.8. The van der Waals surface area contributed by atoms with Crippen molar-refractivity contribution >= 4 is 11.7 Å². The highest BCUT2D eigenvalue weighted by atomic mass is 16.2. The van der Waals surface area contributed by atoms with Gasteiger partial charge in [0.15, 0.2) is 0 Å². The zero-order chi connectivity index (χ0) is 15.4. The minimum Gasteiger partial charge on any atom is -0.326 e. The van der Waals surface area contributed by atoms with Crippen LogP contribution in [0.1, 0.15) is 27.7 Å². The Kier molecular flexibility index (Phi) is 6.14. The van der Waals surface area contributed by atoms with E-state index in [4.69, 9.17) is 0 Å². The smallest absolute Gasteiger partial charge is 0.290 e. The first-order valence-electron chi connectivity index (χ1n) is 7.49. The van der Waals surface area contributed by atoms with Gasteiger partial charge in [-0.3, -0.25) is 9.59 Å². The molecule has 0 radical (unpaired) electrons. The van der Waals surface area contributed by atoms with E-state index in [1.54, 1.807) is 13.8 Å². The number of Topliss-reactive ketones (excluding diaryl/α,β-unsaturated/α-hetero) is 1. The minimum atomic E-state index is -0.313. The number of nitrogens with one attached hydrogen (secondary N) is 1. The first-order chi connectivity index (χ1) is 9.29. The number of hydrogen-bond donors (Lipinski definition) is 1. The Bertz CT molecular complexity index is 355. The molecule has 5 heteroatoms. The number of carbonyl (C=O) groups excluding carboxylic acids is 2. The van der Waals surface area contributed by atoms with E-state index >= 15 is 0 Å². The fourth-order valence-corrected chi connectivity index (χ4v) is 2.82. The molecule has 1 N–H and O–H groups in total. The quantitative estimate of drug-likeness (QED) is 0.751. The summed E-state index contributed by atoms with van der Waals surface area (Å²) >= 11 is 0. The van der Waals surface area contributed by atoms with Crippen LogP contribution in [0.4, 0.5) is 0 Å². The molecule has 1 saturated heterocycles. The highest BCUT2D eigenvalue weighted by molar-refractivity contribution is 6.36. The van der Waals surface area contributed by atoms with Crippen molar-refractivity contribution in [1.29, 1.82) is 0 Å². The van der Waals surface area contributed by atoms with Crippen molar-refractivity contribution in [2.75, 3.05) is 33.7 Å². The van der Waals surface area contributed by atoms with Crippen LogP contribution >= 0.6 is 0 Å². The lowest BCUT2D eigenvalue weighted by atomic mass is 9.94. The van der Waals surface area contributed by atoms with E-state index in [0.29, 0.717) is 12.5 Å². The molecule has 0 bridgehead atoms. The molecule has 20 heavy (non-hydrogen) atoms. The highest BCUT2D eigenvalue weighted by Crippen LogP contribution is 2.22. The van der Waals surface area contributed by atoms with Crippen molar-refractivity contribution in [1.82, 2.24) is 15.1 Å². The van der Waals surface area contributed by atoms with E-state index in [9.17, 15) is 9.59 Å². The lowest BCUT2D eigenvalue weighted by Crippen LogP contribution is -2.64. The van der Waals surface area contributed by atoms with Crippen molar-refractivity contribution in [2.24, 2.45) is 11.8 Å². The minimum absolute atomic E-state index is 0.0568. The molecule has 0 aliphatic carbocycles. The molecule has 0 aromatic carbocycles. The van der Waals surface area contributed by atoms with Crippen LogP contribution in [0.25, 0.3) is 0 Å². The molecule has 0 aromatic heterocycles. The second-order valence-corrected chi connectivity index (χ2v) is 6.48. The molecule has 0 spiro atoms. The van der Waals surface area contributed by atoms with E-state index in [1.807, 2.05) is 11.9 Å². The van der Waals surface area contributed by atoms with Crippen molar-refractivity contribution in [3.05, 3.63) is 0 Å². The molecule has 1 fully saturated rings. The Morgan fingerprint density at radius 3 is 2.25 bits per heavy atom. The number of carbonyl (C=O) groups is 2. The van der Waals surface area contributed by atoms with Crippen LogP contribution in [0.15, 0.2) is 0 Å². The monoisotopic (exact) mass is 283 g/mol. The second kappa shape index (κ2) is 7.18. The van der Waals surface area contributed by atoms with Gasteiger partial charge >= 0.3 is 0 Å². The molecule has 0 aromatic rings. The number of amides is 1. The zero-order valence-corrected chi connectivity index (χ0v) is 13.6. The number of likely N-dealkylation sites (N-methyl/N-ethyl adjacent to an activating group) is 2. The molecule has 1 heterocycles. The fraction of sp³-hybridized carbons (Fsp3) is 0.867. The molecule has 0 saturated carbocycles.